The molecule has 0 radical (unpaired) electrons. The van der Waals surface area contributed by atoms with Crippen LogP contribution < -0.4 is 10.2 Å². The molecule has 0 fully saturated rings. The average molecular weight is 248 g/mol. The van der Waals surface area contributed by atoms with Gasteiger partial charge in [0.25, 0.3) is 0 Å². The monoisotopic (exact) mass is 248 g/mol. The van der Waals surface area contributed by atoms with Crippen molar-refractivity contribution in [3.63, 3.8) is 0 Å². The molecule has 0 saturated carbocycles. The van der Waals surface area contributed by atoms with E-state index in [1.54, 1.807) is 0 Å². The van der Waals surface area contributed by atoms with E-state index in [0.29, 0.717) is 6.04 Å². The van der Waals surface area contributed by atoms with Crippen LogP contribution in [-0.2, 0) is 0 Å². The lowest BCUT2D eigenvalue weighted by Crippen LogP contribution is -2.25. The molecule has 1 aromatic rings. The van der Waals surface area contributed by atoms with E-state index in [1.807, 2.05) is 7.05 Å². The molecule has 0 aliphatic carbocycles. The summed E-state index contributed by atoms with van der Waals surface area (Å²) in [6.45, 7) is 8.89. The number of anilines is 1. The first kappa shape index (κ1) is 15.0. The highest BCUT2D eigenvalue weighted by Crippen LogP contribution is 2.16. The van der Waals surface area contributed by atoms with Crippen molar-refractivity contribution in [2.45, 2.75) is 46.1 Å². The molecule has 1 unspecified atom stereocenters. The molecular formula is C16H28N2. The SMILES string of the molecule is CCN(CCCCC(C)NC)c1cccc(C)c1. The number of unbranched alkanes of at least 4 members (excludes halogenated alkanes) is 1. The van der Waals surface area contributed by atoms with Gasteiger partial charge in [0, 0.05) is 24.8 Å². The Bertz CT molecular complexity index is 336. The summed E-state index contributed by atoms with van der Waals surface area (Å²) in [5, 5.41) is 3.29. The number of benzene rings is 1. The molecule has 0 saturated heterocycles. The van der Waals surface area contributed by atoms with Crippen LogP contribution in [0, 0.1) is 6.92 Å². The molecule has 0 aliphatic heterocycles. The predicted molar refractivity (Wildman–Crippen MR) is 81.4 cm³/mol. The summed E-state index contributed by atoms with van der Waals surface area (Å²) in [5.74, 6) is 0. The summed E-state index contributed by atoms with van der Waals surface area (Å²) in [5.41, 5.74) is 2.70. The maximum atomic E-state index is 3.29. The Kier molecular flexibility index (Phi) is 6.81. The van der Waals surface area contributed by atoms with Gasteiger partial charge >= 0.3 is 0 Å². The zero-order valence-electron chi connectivity index (χ0n) is 12.4. The number of nitrogens with zero attached hydrogens (tertiary/aromatic N) is 1. The van der Waals surface area contributed by atoms with Crippen molar-refractivity contribution in [3.8, 4) is 0 Å². The summed E-state index contributed by atoms with van der Waals surface area (Å²) < 4.78 is 0. The molecule has 2 nitrogen and oxygen atoms in total. The standard InChI is InChI=1S/C16H28N2/c1-5-18(12-7-6-10-15(3)17-4)16-11-8-9-14(2)13-16/h8-9,11,13,15,17H,5-7,10,12H2,1-4H3. The van der Waals surface area contributed by atoms with Crippen molar-refractivity contribution in [1.82, 2.24) is 5.32 Å². The van der Waals surface area contributed by atoms with Crippen LogP contribution in [0.2, 0.25) is 0 Å². The lowest BCUT2D eigenvalue weighted by molar-refractivity contribution is 0.526. The molecule has 1 aromatic carbocycles. The molecule has 1 rings (SSSR count). The van der Waals surface area contributed by atoms with Gasteiger partial charge in [0.2, 0.25) is 0 Å². The smallest absolute Gasteiger partial charge is 0.0368 e. The second kappa shape index (κ2) is 8.15. The fraction of sp³-hybridized carbons (Fsp3) is 0.625. The third-order valence-corrected chi connectivity index (χ3v) is 3.56. The Morgan fingerprint density at radius 3 is 2.67 bits per heavy atom. The average Bonchev–Trinajstić information content (AvgIpc) is 2.38. The third-order valence-electron chi connectivity index (χ3n) is 3.56. The lowest BCUT2D eigenvalue weighted by atomic mass is 10.1. The van der Waals surface area contributed by atoms with Gasteiger partial charge in [0.05, 0.1) is 0 Å². The normalized spacial score (nSPS) is 12.4. The fourth-order valence-electron chi connectivity index (χ4n) is 2.19. The molecule has 0 aromatic heterocycles. The summed E-state index contributed by atoms with van der Waals surface area (Å²) in [7, 11) is 2.04. The van der Waals surface area contributed by atoms with Crippen LogP contribution >= 0.6 is 0 Å². The van der Waals surface area contributed by atoms with E-state index in [-0.39, 0.29) is 0 Å². The first-order valence-electron chi connectivity index (χ1n) is 7.16. The quantitative estimate of drug-likeness (QED) is 0.707. The van der Waals surface area contributed by atoms with Gasteiger partial charge in [-0.2, -0.15) is 0 Å². The van der Waals surface area contributed by atoms with Gasteiger partial charge in [-0.1, -0.05) is 18.6 Å². The zero-order chi connectivity index (χ0) is 13.4. The van der Waals surface area contributed by atoms with E-state index in [9.17, 15) is 0 Å². The minimum atomic E-state index is 0.638. The summed E-state index contributed by atoms with van der Waals surface area (Å²) >= 11 is 0. The van der Waals surface area contributed by atoms with Crippen LogP contribution in [0.1, 0.15) is 38.7 Å². The Balaban J connectivity index is 2.38. The maximum Gasteiger partial charge on any atom is 0.0368 e. The van der Waals surface area contributed by atoms with E-state index in [1.165, 1.54) is 30.5 Å². The first-order valence-corrected chi connectivity index (χ1v) is 7.16. The molecule has 0 heterocycles. The van der Waals surface area contributed by atoms with Crippen molar-refractivity contribution >= 4 is 5.69 Å². The highest BCUT2D eigenvalue weighted by Gasteiger charge is 2.04. The van der Waals surface area contributed by atoms with Gasteiger partial charge in [0.1, 0.15) is 0 Å². The van der Waals surface area contributed by atoms with Crippen LogP contribution in [0.15, 0.2) is 24.3 Å². The Labute approximate surface area is 112 Å². The number of rotatable bonds is 8. The van der Waals surface area contributed by atoms with Crippen molar-refractivity contribution in [1.29, 1.82) is 0 Å². The van der Waals surface area contributed by atoms with E-state index in [4.69, 9.17) is 0 Å². The second-order valence-electron chi connectivity index (χ2n) is 5.10. The molecule has 0 spiro atoms. The van der Waals surface area contributed by atoms with Crippen molar-refractivity contribution in [2.24, 2.45) is 0 Å². The Morgan fingerprint density at radius 2 is 2.06 bits per heavy atom. The van der Waals surface area contributed by atoms with Crippen molar-refractivity contribution in [2.75, 3.05) is 25.0 Å². The van der Waals surface area contributed by atoms with Crippen molar-refractivity contribution in [3.05, 3.63) is 29.8 Å². The van der Waals surface area contributed by atoms with E-state index < -0.39 is 0 Å². The van der Waals surface area contributed by atoms with Crippen LogP contribution in [0.25, 0.3) is 0 Å². The van der Waals surface area contributed by atoms with Crippen LogP contribution in [0.5, 0.6) is 0 Å². The summed E-state index contributed by atoms with van der Waals surface area (Å²) in [6.07, 6.45) is 3.83. The zero-order valence-corrected chi connectivity index (χ0v) is 12.4. The highest BCUT2D eigenvalue weighted by molar-refractivity contribution is 5.48. The maximum absolute atomic E-state index is 3.29. The molecule has 2 heteroatoms. The van der Waals surface area contributed by atoms with Gasteiger partial charge in [-0.15, -0.1) is 0 Å². The number of nitrogens with one attached hydrogen (secondary N) is 1. The van der Waals surface area contributed by atoms with Gasteiger partial charge in [-0.05, 0) is 58.4 Å². The number of hydrogen-bond donors (Lipinski definition) is 1. The topological polar surface area (TPSA) is 15.3 Å². The molecule has 102 valence electrons. The van der Waals surface area contributed by atoms with E-state index >= 15 is 0 Å². The largest absolute Gasteiger partial charge is 0.372 e. The lowest BCUT2D eigenvalue weighted by Gasteiger charge is -2.23. The predicted octanol–water partition coefficient (Wildman–Crippen LogP) is 3.60. The molecule has 18 heavy (non-hydrogen) atoms. The summed E-state index contributed by atoms with van der Waals surface area (Å²) in [6, 6.07) is 9.44. The third kappa shape index (κ3) is 5.09. The van der Waals surface area contributed by atoms with Gasteiger partial charge in [-0.25, -0.2) is 0 Å². The fourth-order valence-corrected chi connectivity index (χ4v) is 2.19. The van der Waals surface area contributed by atoms with E-state index in [2.05, 4.69) is 55.3 Å². The highest BCUT2D eigenvalue weighted by atomic mass is 15.1. The molecule has 1 N–H and O–H groups in total. The van der Waals surface area contributed by atoms with Crippen molar-refractivity contribution < 1.29 is 0 Å². The molecular weight excluding hydrogens is 220 g/mol. The van der Waals surface area contributed by atoms with E-state index in [0.717, 1.165) is 13.1 Å². The summed E-state index contributed by atoms with van der Waals surface area (Å²) in [4.78, 5) is 2.47. The number of hydrogen-bond acceptors (Lipinski definition) is 2. The Hall–Kier alpha value is -1.02. The molecule has 0 aliphatic rings. The number of aryl methyl sites for hydroxylation is 1. The second-order valence-corrected chi connectivity index (χ2v) is 5.10. The minimum absolute atomic E-state index is 0.638. The van der Waals surface area contributed by atoms with Gasteiger partial charge < -0.3 is 10.2 Å². The molecule has 0 amide bonds. The Morgan fingerprint density at radius 1 is 1.28 bits per heavy atom. The van der Waals surface area contributed by atoms with Crippen LogP contribution in [0.4, 0.5) is 5.69 Å². The van der Waals surface area contributed by atoms with Gasteiger partial charge in [0.15, 0.2) is 0 Å². The first-order chi connectivity index (χ1) is 8.67. The van der Waals surface area contributed by atoms with Gasteiger partial charge in [-0.3, -0.25) is 0 Å². The molecule has 0 bridgehead atoms. The van der Waals surface area contributed by atoms with Crippen LogP contribution in [-0.4, -0.2) is 26.2 Å². The van der Waals surface area contributed by atoms with Crippen LogP contribution in [0.3, 0.4) is 0 Å². The molecule has 1 atom stereocenters. The minimum Gasteiger partial charge on any atom is -0.372 e.